The zero-order valence-corrected chi connectivity index (χ0v) is 23.1. The first kappa shape index (κ1) is 32.8. The molecule has 1 aromatic heterocycles. The van der Waals surface area contributed by atoms with Crippen LogP contribution in [0.5, 0.6) is 0 Å². The van der Waals surface area contributed by atoms with Crippen LogP contribution in [0.15, 0.2) is 84.9 Å². The summed E-state index contributed by atoms with van der Waals surface area (Å²) in [5.41, 5.74) is 4.77. The summed E-state index contributed by atoms with van der Waals surface area (Å²) in [5.74, 6) is -1.93. The van der Waals surface area contributed by atoms with Crippen molar-refractivity contribution in [3.8, 4) is 22.4 Å². The number of carboxylic acids is 1. The van der Waals surface area contributed by atoms with Gasteiger partial charge in [0.05, 0.1) is 29.9 Å². The first-order chi connectivity index (χ1) is 19.7. The number of para-hydroxylation sites is 1. The minimum atomic E-state index is -1.18. The quantitative estimate of drug-likeness (QED) is 0.165. The van der Waals surface area contributed by atoms with Gasteiger partial charge in [0.2, 0.25) is 0 Å². The molecule has 42 heavy (non-hydrogen) atoms. The molecule has 0 aliphatic heterocycles. The molecule has 2 atom stereocenters. The zero-order valence-electron chi connectivity index (χ0n) is 23.1. The maximum atomic E-state index is 14.0. The summed E-state index contributed by atoms with van der Waals surface area (Å²) < 4.78 is 16.0. The third-order valence-electron chi connectivity index (χ3n) is 6.93. The normalized spacial score (nSPS) is 12.4. The number of hydrogen-bond acceptors (Lipinski definition) is 4. The van der Waals surface area contributed by atoms with Gasteiger partial charge in [0.15, 0.2) is 0 Å². The molecule has 0 aliphatic carbocycles. The van der Waals surface area contributed by atoms with Crippen molar-refractivity contribution in [1.82, 2.24) is 4.57 Å². The van der Waals surface area contributed by atoms with Crippen LogP contribution in [0.3, 0.4) is 0 Å². The van der Waals surface area contributed by atoms with E-state index in [0.717, 1.165) is 11.3 Å². The first-order valence-corrected chi connectivity index (χ1v) is 13.7. The topological polar surface area (TPSA) is 112 Å². The van der Waals surface area contributed by atoms with Gasteiger partial charge in [-0.2, -0.15) is 0 Å². The van der Waals surface area contributed by atoms with Crippen molar-refractivity contribution in [3.05, 3.63) is 102 Å². The third kappa shape index (κ3) is 7.99. The predicted molar refractivity (Wildman–Crippen MR) is 164 cm³/mol. The van der Waals surface area contributed by atoms with Crippen molar-refractivity contribution in [3.63, 3.8) is 0 Å². The van der Waals surface area contributed by atoms with Crippen molar-refractivity contribution in [2.24, 2.45) is 0 Å². The van der Waals surface area contributed by atoms with Gasteiger partial charge in [0, 0.05) is 23.5 Å². The maximum absolute atomic E-state index is 14.0. The number of aliphatic hydroxyl groups excluding tert-OH is 2. The summed E-state index contributed by atoms with van der Waals surface area (Å²) in [6.07, 6.45) is -2.51. The molecule has 0 radical (unpaired) electrons. The molecule has 216 valence electrons. The Morgan fingerprint density at radius 1 is 0.857 bits per heavy atom. The Kier molecular flexibility index (Phi) is 11.7. The van der Waals surface area contributed by atoms with E-state index >= 15 is 0 Å². The Bertz CT molecular complexity index is 1470. The Balaban J connectivity index is 0.00000484. The molecule has 1 amide bonds. The fraction of sp³-hybridized carbons (Fsp3) is 0.273. The number of aliphatic hydroxyl groups is 2. The van der Waals surface area contributed by atoms with Gasteiger partial charge in [0.1, 0.15) is 5.82 Å². The molecular weight excluding hydrogens is 530 g/mol. The number of hydrogen-bond donors (Lipinski definition) is 4. The summed E-state index contributed by atoms with van der Waals surface area (Å²) in [4.78, 5) is 25.0. The van der Waals surface area contributed by atoms with Crippen LogP contribution in [0.1, 0.15) is 55.1 Å². The van der Waals surface area contributed by atoms with Gasteiger partial charge in [0.25, 0.3) is 5.91 Å². The van der Waals surface area contributed by atoms with Crippen molar-refractivity contribution in [2.45, 2.75) is 57.8 Å². The number of halogens is 1. The van der Waals surface area contributed by atoms with Gasteiger partial charge in [-0.25, -0.2) is 4.39 Å². The van der Waals surface area contributed by atoms with Gasteiger partial charge in [-0.3, -0.25) is 9.59 Å². The number of nitrogens with zero attached hydrogens (tertiary/aromatic N) is 1. The fourth-order valence-corrected chi connectivity index (χ4v) is 5.20. The number of carboxylic acid groups (broad SMARTS) is 1. The second-order valence-electron chi connectivity index (χ2n) is 10.4. The van der Waals surface area contributed by atoms with Crippen LogP contribution in [0.25, 0.3) is 22.4 Å². The summed E-state index contributed by atoms with van der Waals surface area (Å²) in [6.45, 7) is 4.25. The number of amides is 1. The number of carbonyl (C=O) groups is 2. The molecule has 3 aromatic carbocycles. The monoisotopic (exact) mass is 566 g/mol. The number of nitrogens with one attached hydrogen (secondary N) is 1. The molecular formula is C33H36FLiN2O5. The van der Waals surface area contributed by atoms with Gasteiger partial charge < -0.3 is 25.2 Å². The molecule has 1 heterocycles. The average molecular weight is 567 g/mol. The third-order valence-corrected chi connectivity index (χ3v) is 6.93. The summed E-state index contributed by atoms with van der Waals surface area (Å²) in [5, 5.41) is 32.8. The molecule has 9 heteroatoms. The van der Waals surface area contributed by atoms with E-state index in [1.54, 1.807) is 12.1 Å². The minimum absolute atomic E-state index is 0. The Hall–Kier alpha value is -3.67. The predicted octanol–water partition coefficient (Wildman–Crippen LogP) is 5.67. The van der Waals surface area contributed by atoms with Gasteiger partial charge in [-0.1, -0.05) is 62.4 Å². The van der Waals surface area contributed by atoms with Gasteiger partial charge in [-0.05, 0) is 66.3 Å². The summed E-state index contributed by atoms with van der Waals surface area (Å²) in [6, 6.07) is 24.8. The SMILES string of the molecule is CC(C)c1c(C(=O)Nc2ccccc2)c(-c2ccccc2)c(-c2ccc(F)cc2)n1CC[C@@H](O)C[C@@H](O)CC(=O)O.[LiH]. The number of carbonyl (C=O) groups excluding carboxylic acids is 1. The van der Waals surface area contributed by atoms with Gasteiger partial charge >= 0.3 is 24.8 Å². The van der Waals surface area contributed by atoms with Crippen LogP contribution in [0.4, 0.5) is 10.1 Å². The molecule has 7 nitrogen and oxygen atoms in total. The number of rotatable bonds is 12. The standard InChI is InChI=1S/C33H35FN2O5.Li.H/c1-21(2)31-30(33(41)35-25-11-7-4-8-12-25)29(22-9-5-3-6-10-22)32(23-13-15-24(34)16-14-23)36(31)18-17-26(37)19-27(38)20-28(39)40;;/h3-16,21,26-27,37-38H,17-20H2,1-2H3,(H,35,41)(H,39,40);;/t26-,27-;;/m1../s1. The molecule has 0 spiro atoms. The molecule has 4 N–H and O–H groups in total. The molecule has 0 unspecified atom stereocenters. The van der Waals surface area contributed by atoms with E-state index in [9.17, 15) is 24.2 Å². The van der Waals surface area contributed by atoms with E-state index < -0.39 is 24.6 Å². The Labute approximate surface area is 257 Å². The second kappa shape index (κ2) is 15.0. The summed E-state index contributed by atoms with van der Waals surface area (Å²) in [7, 11) is 0. The molecule has 0 saturated heterocycles. The van der Waals surface area contributed by atoms with E-state index in [4.69, 9.17) is 5.11 Å². The van der Waals surface area contributed by atoms with Crippen LogP contribution < -0.4 is 5.32 Å². The molecule has 0 aliphatic rings. The fourth-order valence-electron chi connectivity index (χ4n) is 5.20. The van der Waals surface area contributed by atoms with E-state index in [2.05, 4.69) is 5.32 Å². The number of anilines is 1. The van der Waals surface area contributed by atoms with Crippen molar-refractivity contribution >= 4 is 36.4 Å². The summed E-state index contributed by atoms with van der Waals surface area (Å²) >= 11 is 0. The van der Waals surface area contributed by atoms with Crippen LogP contribution in [-0.4, -0.2) is 62.8 Å². The van der Waals surface area contributed by atoms with E-state index in [1.807, 2.05) is 79.1 Å². The number of aromatic nitrogens is 1. The average Bonchev–Trinajstić information content (AvgIpc) is 3.28. The van der Waals surface area contributed by atoms with Gasteiger partial charge in [-0.15, -0.1) is 0 Å². The second-order valence-corrected chi connectivity index (χ2v) is 10.4. The number of aliphatic carboxylic acids is 1. The molecule has 4 aromatic rings. The Morgan fingerprint density at radius 2 is 1.45 bits per heavy atom. The molecule has 0 bridgehead atoms. The zero-order chi connectivity index (χ0) is 29.5. The van der Waals surface area contributed by atoms with Crippen molar-refractivity contribution < 1.29 is 29.3 Å². The van der Waals surface area contributed by atoms with Crippen molar-refractivity contribution in [1.29, 1.82) is 0 Å². The van der Waals surface area contributed by atoms with Crippen LogP contribution in [0, 0.1) is 5.82 Å². The van der Waals surface area contributed by atoms with E-state index in [0.29, 0.717) is 28.1 Å². The molecule has 0 saturated carbocycles. The van der Waals surface area contributed by atoms with Crippen LogP contribution >= 0.6 is 0 Å². The van der Waals surface area contributed by atoms with Crippen LogP contribution in [-0.2, 0) is 11.3 Å². The number of benzene rings is 3. The molecule has 0 fully saturated rings. The van der Waals surface area contributed by atoms with Crippen LogP contribution in [0.2, 0.25) is 0 Å². The van der Waals surface area contributed by atoms with Crippen molar-refractivity contribution in [2.75, 3.05) is 5.32 Å². The molecule has 4 rings (SSSR count). The van der Waals surface area contributed by atoms with E-state index in [-0.39, 0.29) is 55.9 Å². The Morgan fingerprint density at radius 3 is 2.02 bits per heavy atom. The van der Waals surface area contributed by atoms with E-state index in [1.165, 1.54) is 12.1 Å². The first-order valence-electron chi connectivity index (χ1n) is 13.7.